The highest BCUT2D eigenvalue weighted by molar-refractivity contribution is 7.89. The first-order chi connectivity index (χ1) is 15.9. The first-order valence-electron chi connectivity index (χ1n) is 11.0. The van der Waals surface area contributed by atoms with Crippen LogP contribution in [0, 0.1) is 6.92 Å². The van der Waals surface area contributed by atoms with E-state index < -0.39 is 15.9 Å². The van der Waals surface area contributed by atoms with Gasteiger partial charge in [0.15, 0.2) is 0 Å². The summed E-state index contributed by atoms with van der Waals surface area (Å²) in [5.74, 6) is 0.567. The van der Waals surface area contributed by atoms with Crippen molar-refractivity contribution in [2.45, 2.75) is 50.0 Å². The van der Waals surface area contributed by atoms with Gasteiger partial charge in [0.25, 0.3) is 5.91 Å². The lowest BCUT2D eigenvalue weighted by molar-refractivity contribution is -0.121. The van der Waals surface area contributed by atoms with Gasteiger partial charge in [0.1, 0.15) is 11.5 Å². The van der Waals surface area contributed by atoms with Crippen LogP contribution in [0.4, 0.5) is 0 Å². The number of benzene rings is 2. The molecule has 0 saturated heterocycles. The molecule has 0 heterocycles. The molecule has 2 aromatic carbocycles. The van der Waals surface area contributed by atoms with Gasteiger partial charge < -0.3 is 9.47 Å². The number of rotatable bonds is 9. The lowest BCUT2D eigenvalue weighted by Crippen LogP contribution is -2.46. The van der Waals surface area contributed by atoms with Gasteiger partial charge in [0.05, 0.1) is 37.4 Å². The molecular formula is C24H31N3O5S. The number of hydrogen-bond donors (Lipinski definition) is 1. The molecule has 1 N–H and O–H groups in total. The molecule has 9 heteroatoms. The molecule has 0 unspecified atom stereocenters. The van der Waals surface area contributed by atoms with Crippen molar-refractivity contribution in [3.05, 3.63) is 53.6 Å². The minimum Gasteiger partial charge on any atom is -0.496 e. The summed E-state index contributed by atoms with van der Waals surface area (Å²) in [6.45, 7) is 1.60. The zero-order valence-corrected chi connectivity index (χ0v) is 20.1. The quantitative estimate of drug-likeness (QED) is 0.444. The maximum Gasteiger partial charge on any atom is 0.255 e. The first-order valence-corrected chi connectivity index (χ1v) is 12.4. The van der Waals surface area contributed by atoms with Crippen molar-refractivity contribution in [1.82, 2.24) is 9.73 Å². The van der Waals surface area contributed by atoms with E-state index in [0.29, 0.717) is 17.1 Å². The van der Waals surface area contributed by atoms with Crippen LogP contribution in [0.15, 0.2) is 52.5 Å². The lowest BCUT2D eigenvalue weighted by atomic mass is 9.95. The largest absolute Gasteiger partial charge is 0.496 e. The van der Waals surface area contributed by atoms with Gasteiger partial charge in [-0.1, -0.05) is 43.0 Å². The van der Waals surface area contributed by atoms with Crippen LogP contribution in [0.3, 0.4) is 0 Å². The third-order valence-corrected chi connectivity index (χ3v) is 7.67. The van der Waals surface area contributed by atoms with Crippen LogP contribution < -0.4 is 14.9 Å². The standard InChI is InChI=1S/C24H31N3O5S/c1-18-12-14-20(15-13-18)33(29,30)27(19-8-5-4-6-9-19)17-24(28)26-25-16-21-22(31-2)10-7-11-23(21)32-3/h7,10-16,19H,4-6,8-9,17H2,1-3H3,(H,26,28)/b25-16+. The van der Waals surface area contributed by atoms with E-state index in [2.05, 4.69) is 10.5 Å². The monoisotopic (exact) mass is 473 g/mol. The Kier molecular flexibility index (Phi) is 8.46. The molecule has 0 aromatic heterocycles. The lowest BCUT2D eigenvalue weighted by Gasteiger charge is -2.32. The highest BCUT2D eigenvalue weighted by atomic mass is 32.2. The van der Waals surface area contributed by atoms with Crippen LogP contribution in [-0.4, -0.2) is 51.7 Å². The predicted octanol–water partition coefficient (Wildman–Crippen LogP) is 3.49. The average molecular weight is 474 g/mol. The molecule has 1 saturated carbocycles. The highest BCUT2D eigenvalue weighted by Crippen LogP contribution is 2.28. The fourth-order valence-electron chi connectivity index (χ4n) is 3.98. The minimum absolute atomic E-state index is 0.189. The van der Waals surface area contributed by atoms with Gasteiger partial charge in [0.2, 0.25) is 10.0 Å². The molecule has 1 amide bonds. The normalized spacial score (nSPS) is 15.0. The minimum atomic E-state index is -3.83. The van der Waals surface area contributed by atoms with Crippen molar-refractivity contribution in [3.63, 3.8) is 0 Å². The summed E-state index contributed by atoms with van der Waals surface area (Å²) >= 11 is 0. The number of carbonyl (C=O) groups excluding carboxylic acids is 1. The number of aryl methyl sites for hydroxylation is 1. The molecule has 2 aromatic rings. The highest BCUT2D eigenvalue weighted by Gasteiger charge is 2.33. The predicted molar refractivity (Wildman–Crippen MR) is 127 cm³/mol. The van der Waals surface area contributed by atoms with Crippen LogP contribution >= 0.6 is 0 Å². The first kappa shape index (κ1) is 24.7. The van der Waals surface area contributed by atoms with Crippen LogP contribution in [0.25, 0.3) is 0 Å². The van der Waals surface area contributed by atoms with Crippen LogP contribution in [0.2, 0.25) is 0 Å². The Labute approximate surface area is 195 Å². The number of sulfonamides is 1. The number of methoxy groups -OCH3 is 2. The summed E-state index contributed by atoms with van der Waals surface area (Å²) < 4.78 is 38.8. The summed E-state index contributed by atoms with van der Waals surface area (Å²) in [4.78, 5) is 12.9. The smallest absolute Gasteiger partial charge is 0.255 e. The molecule has 3 rings (SSSR count). The number of ether oxygens (including phenoxy) is 2. The van der Waals surface area contributed by atoms with Gasteiger partial charge in [-0.25, -0.2) is 13.8 Å². The molecule has 0 bridgehead atoms. The Morgan fingerprint density at radius 1 is 1.06 bits per heavy atom. The Morgan fingerprint density at radius 3 is 2.24 bits per heavy atom. The zero-order chi connectivity index (χ0) is 23.8. The van der Waals surface area contributed by atoms with Crippen molar-refractivity contribution in [1.29, 1.82) is 0 Å². The van der Waals surface area contributed by atoms with Crippen LogP contribution in [-0.2, 0) is 14.8 Å². The Morgan fingerprint density at radius 2 is 1.67 bits per heavy atom. The van der Waals surface area contributed by atoms with E-state index in [9.17, 15) is 13.2 Å². The van der Waals surface area contributed by atoms with E-state index in [0.717, 1.165) is 37.7 Å². The van der Waals surface area contributed by atoms with Gasteiger partial charge >= 0.3 is 0 Å². The van der Waals surface area contributed by atoms with Crippen molar-refractivity contribution >= 4 is 22.1 Å². The molecule has 1 fully saturated rings. The summed E-state index contributed by atoms with van der Waals surface area (Å²) in [6, 6.07) is 11.8. The third-order valence-electron chi connectivity index (χ3n) is 5.76. The van der Waals surface area contributed by atoms with Crippen molar-refractivity contribution < 1.29 is 22.7 Å². The molecule has 0 radical (unpaired) electrons. The van der Waals surface area contributed by atoms with Gasteiger partial charge in [-0.2, -0.15) is 9.41 Å². The molecule has 0 spiro atoms. The third kappa shape index (κ3) is 6.11. The molecule has 0 aliphatic heterocycles. The van der Waals surface area contributed by atoms with E-state index in [1.54, 1.807) is 42.5 Å². The van der Waals surface area contributed by atoms with E-state index in [1.165, 1.54) is 24.7 Å². The second-order valence-electron chi connectivity index (χ2n) is 8.02. The topological polar surface area (TPSA) is 97.3 Å². The van der Waals surface area contributed by atoms with Crippen molar-refractivity contribution in [2.75, 3.05) is 20.8 Å². The molecule has 8 nitrogen and oxygen atoms in total. The number of hydrazone groups is 1. The van der Waals surface area contributed by atoms with Crippen molar-refractivity contribution in [3.8, 4) is 11.5 Å². The Balaban J connectivity index is 1.78. The number of amides is 1. The number of nitrogens with one attached hydrogen (secondary N) is 1. The zero-order valence-electron chi connectivity index (χ0n) is 19.3. The molecule has 178 valence electrons. The van der Waals surface area contributed by atoms with Gasteiger partial charge in [-0.3, -0.25) is 4.79 Å². The van der Waals surface area contributed by atoms with E-state index >= 15 is 0 Å². The van der Waals surface area contributed by atoms with Crippen LogP contribution in [0.5, 0.6) is 11.5 Å². The molecule has 1 aliphatic rings. The fourth-order valence-corrected chi connectivity index (χ4v) is 5.62. The van der Waals surface area contributed by atoms with E-state index in [-0.39, 0.29) is 17.5 Å². The Hall–Kier alpha value is -2.91. The second-order valence-corrected chi connectivity index (χ2v) is 9.92. The SMILES string of the molecule is COc1cccc(OC)c1/C=N/NC(=O)CN(C1CCCCC1)S(=O)(=O)c1ccc(C)cc1. The van der Waals surface area contributed by atoms with Crippen molar-refractivity contribution in [2.24, 2.45) is 5.10 Å². The van der Waals surface area contributed by atoms with E-state index in [4.69, 9.17) is 9.47 Å². The summed E-state index contributed by atoms with van der Waals surface area (Å²) in [6.07, 6.45) is 5.86. The number of hydrogen-bond acceptors (Lipinski definition) is 6. The summed E-state index contributed by atoms with van der Waals surface area (Å²) in [5, 5.41) is 4.02. The maximum absolute atomic E-state index is 13.4. The van der Waals surface area contributed by atoms with Crippen LogP contribution in [0.1, 0.15) is 43.2 Å². The Bertz CT molecular complexity index is 1060. The van der Waals surface area contributed by atoms with Gasteiger partial charge in [-0.15, -0.1) is 0 Å². The number of nitrogens with zero attached hydrogens (tertiary/aromatic N) is 2. The molecular weight excluding hydrogens is 442 g/mol. The summed E-state index contributed by atoms with van der Waals surface area (Å²) in [5.41, 5.74) is 3.99. The molecule has 0 atom stereocenters. The fraction of sp³-hybridized carbons (Fsp3) is 0.417. The number of carbonyl (C=O) groups is 1. The van der Waals surface area contributed by atoms with Gasteiger partial charge in [-0.05, 0) is 44.0 Å². The summed E-state index contributed by atoms with van der Waals surface area (Å²) in [7, 11) is -0.770. The van der Waals surface area contributed by atoms with E-state index in [1.807, 2.05) is 6.92 Å². The molecule has 1 aliphatic carbocycles. The van der Waals surface area contributed by atoms with Gasteiger partial charge in [0, 0.05) is 6.04 Å². The maximum atomic E-state index is 13.4. The second kappa shape index (κ2) is 11.3. The average Bonchev–Trinajstić information content (AvgIpc) is 2.83. The molecule has 33 heavy (non-hydrogen) atoms.